The Bertz CT molecular complexity index is 622. The highest BCUT2D eigenvalue weighted by Crippen LogP contribution is 2.39. The van der Waals surface area contributed by atoms with E-state index in [4.69, 9.17) is 15.2 Å². The Kier molecular flexibility index (Phi) is 4.45. The first-order chi connectivity index (χ1) is 10.2. The molecular formula is C13H17F2N3O4. The van der Waals surface area contributed by atoms with Crippen LogP contribution in [-0.4, -0.2) is 34.2 Å². The van der Waals surface area contributed by atoms with Crippen molar-refractivity contribution >= 4 is 11.8 Å². The van der Waals surface area contributed by atoms with Gasteiger partial charge < -0.3 is 15.2 Å². The first kappa shape index (κ1) is 16.3. The molecule has 1 aliphatic rings. The number of nitrogens with zero attached hydrogens (tertiary/aromatic N) is 2. The number of nitrogen functional groups attached to an aromatic ring is 1. The standard InChI is InChI=1S/C13H17F2N3O4/c1-7(2)11(19)21-6-13(15)8(14)5-10(22-13)18-4-3-9(16)17-12(18)20/h3-4,7-8,10H,5-6H2,1-2H3,(H2,16,17,20)/t8-,10+,13+/m0/s1. The molecule has 1 aliphatic heterocycles. The Labute approximate surface area is 125 Å². The van der Waals surface area contributed by atoms with Gasteiger partial charge in [-0.15, -0.1) is 0 Å². The zero-order chi connectivity index (χ0) is 16.5. The molecule has 3 atom stereocenters. The highest BCUT2D eigenvalue weighted by molar-refractivity contribution is 5.71. The lowest BCUT2D eigenvalue weighted by atomic mass is 10.2. The maximum Gasteiger partial charge on any atom is 0.351 e. The monoisotopic (exact) mass is 317 g/mol. The molecular weight excluding hydrogens is 300 g/mol. The molecule has 0 spiro atoms. The van der Waals surface area contributed by atoms with E-state index < -0.39 is 48.9 Å². The maximum atomic E-state index is 14.4. The fourth-order valence-electron chi connectivity index (χ4n) is 1.98. The van der Waals surface area contributed by atoms with Gasteiger partial charge in [0, 0.05) is 12.6 Å². The smallest absolute Gasteiger partial charge is 0.351 e. The molecule has 1 aromatic heterocycles. The Hall–Kier alpha value is -2.03. The molecule has 22 heavy (non-hydrogen) atoms. The van der Waals surface area contributed by atoms with Crippen LogP contribution in [0.25, 0.3) is 0 Å². The minimum absolute atomic E-state index is 0.00609. The van der Waals surface area contributed by atoms with Crippen LogP contribution in [0.1, 0.15) is 26.5 Å². The van der Waals surface area contributed by atoms with E-state index in [1.54, 1.807) is 13.8 Å². The van der Waals surface area contributed by atoms with Crippen LogP contribution in [-0.2, 0) is 14.3 Å². The Morgan fingerprint density at radius 2 is 2.36 bits per heavy atom. The van der Waals surface area contributed by atoms with Crippen molar-refractivity contribution in [2.45, 2.75) is 38.5 Å². The third kappa shape index (κ3) is 3.24. The SMILES string of the molecule is CC(C)C(=O)OC[C@@]1(F)O[C@@H](n2ccc(N)nc2=O)C[C@@H]1F. The van der Waals surface area contributed by atoms with Crippen LogP contribution in [0.3, 0.4) is 0 Å². The fraction of sp³-hybridized carbons (Fsp3) is 0.615. The molecule has 2 N–H and O–H groups in total. The maximum absolute atomic E-state index is 14.4. The highest BCUT2D eigenvalue weighted by Gasteiger charge is 2.52. The molecule has 0 aromatic carbocycles. The largest absolute Gasteiger partial charge is 0.459 e. The number of esters is 1. The fourth-order valence-corrected chi connectivity index (χ4v) is 1.98. The molecule has 2 heterocycles. The molecule has 122 valence electrons. The molecule has 0 amide bonds. The normalized spacial score (nSPS) is 28.0. The lowest BCUT2D eigenvalue weighted by molar-refractivity contribution is -0.209. The van der Waals surface area contributed by atoms with Crippen LogP contribution in [0.4, 0.5) is 14.6 Å². The zero-order valence-corrected chi connectivity index (χ0v) is 12.2. The summed E-state index contributed by atoms with van der Waals surface area (Å²) in [6.45, 7) is 2.26. The number of hydrogen-bond donors (Lipinski definition) is 1. The van der Waals surface area contributed by atoms with Gasteiger partial charge in [0.25, 0.3) is 5.85 Å². The summed E-state index contributed by atoms with van der Waals surface area (Å²) in [5.41, 5.74) is 4.57. The minimum atomic E-state index is -2.80. The quantitative estimate of drug-likeness (QED) is 0.831. The average Bonchev–Trinajstić information content (AvgIpc) is 2.72. The van der Waals surface area contributed by atoms with Crippen molar-refractivity contribution in [3.63, 3.8) is 0 Å². The first-order valence-corrected chi connectivity index (χ1v) is 6.75. The third-order valence-corrected chi connectivity index (χ3v) is 3.25. The van der Waals surface area contributed by atoms with Gasteiger partial charge in [0.1, 0.15) is 12.0 Å². The van der Waals surface area contributed by atoms with Gasteiger partial charge in [-0.25, -0.2) is 13.6 Å². The Morgan fingerprint density at radius 1 is 1.68 bits per heavy atom. The number of hydrogen-bond acceptors (Lipinski definition) is 6. The summed E-state index contributed by atoms with van der Waals surface area (Å²) in [7, 11) is 0. The summed E-state index contributed by atoms with van der Waals surface area (Å²) in [5, 5.41) is 0. The predicted octanol–water partition coefficient (Wildman–Crippen LogP) is 0.948. The minimum Gasteiger partial charge on any atom is -0.459 e. The van der Waals surface area contributed by atoms with Crippen LogP contribution in [0.2, 0.25) is 0 Å². The van der Waals surface area contributed by atoms with Gasteiger partial charge in [-0.2, -0.15) is 4.98 Å². The molecule has 0 saturated carbocycles. The molecule has 0 radical (unpaired) electrons. The Balaban J connectivity index is 2.11. The van der Waals surface area contributed by atoms with Crippen molar-refractivity contribution in [2.75, 3.05) is 12.3 Å². The van der Waals surface area contributed by atoms with Crippen molar-refractivity contribution in [2.24, 2.45) is 5.92 Å². The molecule has 2 rings (SSSR count). The highest BCUT2D eigenvalue weighted by atomic mass is 19.2. The molecule has 1 saturated heterocycles. The summed E-state index contributed by atoms with van der Waals surface area (Å²) in [6.07, 6.45) is -2.38. The number of halogens is 2. The zero-order valence-electron chi connectivity index (χ0n) is 12.2. The van der Waals surface area contributed by atoms with E-state index in [0.29, 0.717) is 0 Å². The van der Waals surface area contributed by atoms with Crippen LogP contribution in [0.15, 0.2) is 17.1 Å². The van der Waals surface area contributed by atoms with E-state index in [9.17, 15) is 18.4 Å². The Morgan fingerprint density at radius 3 is 2.95 bits per heavy atom. The second kappa shape index (κ2) is 5.99. The number of anilines is 1. The van der Waals surface area contributed by atoms with Gasteiger partial charge >= 0.3 is 11.7 Å². The second-order valence-corrected chi connectivity index (χ2v) is 5.37. The predicted molar refractivity (Wildman–Crippen MR) is 72.2 cm³/mol. The molecule has 1 fully saturated rings. The summed E-state index contributed by atoms with van der Waals surface area (Å²) in [4.78, 5) is 26.5. The van der Waals surface area contributed by atoms with Crippen LogP contribution in [0.5, 0.6) is 0 Å². The van der Waals surface area contributed by atoms with Crippen LogP contribution in [0, 0.1) is 5.92 Å². The van der Waals surface area contributed by atoms with E-state index in [1.807, 2.05) is 0 Å². The summed E-state index contributed by atoms with van der Waals surface area (Å²) in [6, 6.07) is 1.31. The van der Waals surface area contributed by atoms with Gasteiger partial charge in [0.15, 0.2) is 12.8 Å². The van der Waals surface area contributed by atoms with E-state index in [1.165, 1.54) is 12.3 Å². The molecule has 0 bridgehead atoms. The van der Waals surface area contributed by atoms with Gasteiger partial charge in [0.05, 0.1) is 5.92 Å². The van der Waals surface area contributed by atoms with Gasteiger partial charge in [0.2, 0.25) is 0 Å². The molecule has 9 heteroatoms. The number of alkyl halides is 2. The number of ether oxygens (including phenoxy) is 2. The van der Waals surface area contributed by atoms with E-state index in [2.05, 4.69) is 4.98 Å². The second-order valence-electron chi connectivity index (χ2n) is 5.37. The van der Waals surface area contributed by atoms with Crippen molar-refractivity contribution in [3.05, 3.63) is 22.7 Å². The summed E-state index contributed by atoms with van der Waals surface area (Å²) in [5.74, 6) is -3.94. The van der Waals surface area contributed by atoms with Crippen molar-refractivity contribution in [1.29, 1.82) is 0 Å². The van der Waals surface area contributed by atoms with Crippen molar-refractivity contribution in [1.82, 2.24) is 9.55 Å². The summed E-state index contributed by atoms with van der Waals surface area (Å²) >= 11 is 0. The lowest BCUT2D eigenvalue weighted by Gasteiger charge is -2.22. The topological polar surface area (TPSA) is 96.4 Å². The van der Waals surface area contributed by atoms with Gasteiger partial charge in [-0.3, -0.25) is 9.36 Å². The number of carbonyl (C=O) groups is 1. The van der Waals surface area contributed by atoms with E-state index >= 15 is 0 Å². The lowest BCUT2D eigenvalue weighted by Crippen LogP contribution is -2.39. The van der Waals surface area contributed by atoms with Gasteiger partial charge in [-0.05, 0) is 6.07 Å². The first-order valence-electron chi connectivity index (χ1n) is 6.75. The third-order valence-electron chi connectivity index (χ3n) is 3.25. The number of nitrogens with two attached hydrogens (primary N) is 1. The summed E-state index contributed by atoms with van der Waals surface area (Å²) < 4.78 is 39.0. The molecule has 0 aliphatic carbocycles. The number of aromatic nitrogens is 2. The number of rotatable bonds is 4. The average molecular weight is 317 g/mol. The number of carbonyl (C=O) groups excluding carboxylic acids is 1. The van der Waals surface area contributed by atoms with Crippen molar-refractivity contribution in [3.8, 4) is 0 Å². The van der Waals surface area contributed by atoms with Crippen LogP contribution < -0.4 is 11.4 Å². The van der Waals surface area contributed by atoms with E-state index in [-0.39, 0.29) is 5.82 Å². The molecule has 0 unspecified atom stereocenters. The van der Waals surface area contributed by atoms with Gasteiger partial charge in [-0.1, -0.05) is 13.8 Å². The van der Waals surface area contributed by atoms with Crippen LogP contribution >= 0.6 is 0 Å². The molecule has 1 aromatic rings. The van der Waals surface area contributed by atoms with E-state index in [0.717, 1.165) is 4.57 Å². The molecule has 7 nitrogen and oxygen atoms in total. The van der Waals surface area contributed by atoms with Crippen molar-refractivity contribution < 1.29 is 23.0 Å².